The van der Waals surface area contributed by atoms with E-state index in [0.29, 0.717) is 33.8 Å². The molecule has 1 aromatic heterocycles. The van der Waals surface area contributed by atoms with Crippen LogP contribution in [0.1, 0.15) is 36.8 Å². The van der Waals surface area contributed by atoms with E-state index in [9.17, 15) is 14.4 Å². The summed E-state index contributed by atoms with van der Waals surface area (Å²) in [7, 11) is 0. The number of aryl methyl sites for hydroxylation is 1. The molecule has 0 bridgehead atoms. The number of aromatic nitrogens is 1. The number of benzene rings is 3. The van der Waals surface area contributed by atoms with Gasteiger partial charge in [-0.2, -0.15) is 0 Å². The molecule has 6 heteroatoms. The summed E-state index contributed by atoms with van der Waals surface area (Å²) < 4.78 is 0. The monoisotopic (exact) mass is 407 g/mol. The van der Waals surface area contributed by atoms with Crippen LogP contribution in [0.2, 0.25) is 0 Å². The molecule has 0 saturated heterocycles. The summed E-state index contributed by atoms with van der Waals surface area (Å²) in [5.74, 6) is -1.06. The lowest BCUT2D eigenvalue weighted by Gasteiger charge is -2.15. The van der Waals surface area contributed by atoms with Crippen LogP contribution < -0.4 is 10.2 Å². The molecule has 0 aliphatic carbocycles. The van der Waals surface area contributed by atoms with Gasteiger partial charge in [-0.25, -0.2) is 4.90 Å². The van der Waals surface area contributed by atoms with Crippen molar-refractivity contribution < 1.29 is 14.4 Å². The first-order valence-corrected chi connectivity index (χ1v) is 9.78. The van der Waals surface area contributed by atoms with E-state index in [1.807, 2.05) is 24.3 Å². The molecule has 4 aromatic rings. The van der Waals surface area contributed by atoms with Gasteiger partial charge in [0.2, 0.25) is 0 Å². The Morgan fingerprint density at radius 1 is 0.839 bits per heavy atom. The van der Waals surface area contributed by atoms with Crippen LogP contribution in [0.25, 0.3) is 10.9 Å². The molecule has 0 radical (unpaired) electrons. The van der Waals surface area contributed by atoms with Gasteiger partial charge in [0.05, 0.1) is 33.6 Å². The number of nitrogens with one attached hydrogen (secondary N) is 1. The minimum Gasteiger partial charge on any atom is -0.322 e. The molecular formula is C25H17N3O3. The van der Waals surface area contributed by atoms with Crippen LogP contribution >= 0.6 is 0 Å². The number of imide groups is 1. The zero-order valence-electron chi connectivity index (χ0n) is 16.6. The third kappa shape index (κ3) is 3.14. The molecule has 3 aromatic carbocycles. The number of anilines is 2. The molecule has 0 fully saturated rings. The Labute approximate surface area is 178 Å². The molecule has 31 heavy (non-hydrogen) atoms. The average molecular weight is 407 g/mol. The lowest BCUT2D eigenvalue weighted by atomic mass is 10.1. The number of para-hydroxylation sites is 1. The largest absolute Gasteiger partial charge is 0.322 e. The van der Waals surface area contributed by atoms with Crippen LogP contribution in [-0.4, -0.2) is 22.7 Å². The van der Waals surface area contributed by atoms with Crippen molar-refractivity contribution in [2.75, 3.05) is 10.2 Å². The molecule has 1 N–H and O–H groups in total. The highest BCUT2D eigenvalue weighted by molar-refractivity contribution is 6.34. The summed E-state index contributed by atoms with van der Waals surface area (Å²) in [6.45, 7) is 1.79. The average Bonchev–Trinajstić information content (AvgIpc) is 3.04. The first-order valence-electron chi connectivity index (χ1n) is 9.78. The molecule has 5 rings (SSSR count). The predicted molar refractivity (Wildman–Crippen MR) is 118 cm³/mol. The number of carbonyl (C=O) groups excluding carboxylic acids is 3. The Kier molecular flexibility index (Phi) is 4.33. The van der Waals surface area contributed by atoms with E-state index in [-0.39, 0.29) is 17.7 Å². The summed E-state index contributed by atoms with van der Waals surface area (Å²) >= 11 is 0. The highest BCUT2D eigenvalue weighted by Gasteiger charge is 2.36. The summed E-state index contributed by atoms with van der Waals surface area (Å²) in [5.41, 5.74) is 3.53. The standard InChI is InChI=1S/C25H17N3O3/c1-15-21(13-16-7-2-5-12-22(16)26-15)23(29)27-17-8-6-9-18(14-17)28-24(30)19-10-3-4-11-20(19)25(28)31/h2-14H,1H3,(H,27,29). The van der Waals surface area contributed by atoms with Gasteiger partial charge < -0.3 is 5.32 Å². The number of nitrogens with zero attached hydrogens (tertiary/aromatic N) is 2. The minimum atomic E-state index is -0.376. The Morgan fingerprint density at radius 3 is 2.26 bits per heavy atom. The Hall–Kier alpha value is -4.32. The van der Waals surface area contributed by atoms with Crippen LogP contribution in [0, 0.1) is 6.92 Å². The number of rotatable bonds is 3. The zero-order valence-corrected chi connectivity index (χ0v) is 16.6. The smallest absolute Gasteiger partial charge is 0.266 e. The van der Waals surface area contributed by atoms with Crippen molar-refractivity contribution in [3.05, 3.63) is 101 Å². The third-order valence-electron chi connectivity index (χ3n) is 5.32. The maximum atomic E-state index is 12.9. The minimum absolute atomic E-state index is 0.310. The summed E-state index contributed by atoms with van der Waals surface area (Å²) in [5, 5.41) is 3.72. The fraction of sp³-hybridized carbons (Fsp3) is 0.0400. The van der Waals surface area contributed by atoms with Gasteiger partial charge in [0.1, 0.15) is 0 Å². The predicted octanol–water partition coefficient (Wildman–Crippen LogP) is 4.60. The number of amides is 3. The van der Waals surface area contributed by atoms with Crippen molar-refractivity contribution in [1.82, 2.24) is 4.98 Å². The Balaban J connectivity index is 1.44. The van der Waals surface area contributed by atoms with Gasteiger partial charge in [-0.3, -0.25) is 19.4 Å². The Morgan fingerprint density at radius 2 is 1.52 bits per heavy atom. The summed E-state index contributed by atoms with van der Waals surface area (Å²) in [4.78, 5) is 44.0. The van der Waals surface area contributed by atoms with E-state index in [4.69, 9.17) is 0 Å². The lowest BCUT2D eigenvalue weighted by Crippen LogP contribution is -2.29. The van der Waals surface area contributed by atoms with Crippen molar-refractivity contribution >= 4 is 40.0 Å². The molecule has 0 spiro atoms. The number of pyridine rings is 1. The SMILES string of the molecule is Cc1nc2ccccc2cc1C(=O)Nc1cccc(N2C(=O)c3ccccc3C2=O)c1. The van der Waals surface area contributed by atoms with Gasteiger partial charge >= 0.3 is 0 Å². The second kappa shape index (κ2) is 7.18. The van der Waals surface area contributed by atoms with E-state index in [2.05, 4.69) is 10.3 Å². The van der Waals surface area contributed by atoms with E-state index >= 15 is 0 Å². The molecular weight excluding hydrogens is 390 g/mol. The number of hydrogen-bond acceptors (Lipinski definition) is 4. The van der Waals surface area contributed by atoms with Crippen molar-refractivity contribution in [3.8, 4) is 0 Å². The maximum absolute atomic E-state index is 12.9. The number of fused-ring (bicyclic) bond motifs is 2. The Bertz CT molecular complexity index is 1360. The van der Waals surface area contributed by atoms with Gasteiger partial charge in [0.25, 0.3) is 17.7 Å². The van der Waals surface area contributed by atoms with Crippen molar-refractivity contribution in [2.24, 2.45) is 0 Å². The summed E-state index contributed by atoms with van der Waals surface area (Å²) in [6.07, 6.45) is 0. The van der Waals surface area contributed by atoms with Crippen molar-refractivity contribution in [1.29, 1.82) is 0 Å². The van der Waals surface area contributed by atoms with Crippen LogP contribution in [-0.2, 0) is 0 Å². The van der Waals surface area contributed by atoms with E-state index in [1.165, 1.54) is 0 Å². The molecule has 3 amide bonds. The number of carbonyl (C=O) groups is 3. The molecule has 6 nitrogen and oxygen atoms in total. The number of hydrogen-bond donors (Lipinski definition) is 1. The first-order chi connectivity index (χ1) is 15.0. The van der Waals surface area contributed by atoms with Gasteiger partial charge in [-0.05, 0) is 49.4 Å². The quantitative estimate of drug-likeness (QED) is 0.504. The molecule has 0 saturated carbocycles. The highest BCUT2D eigenvalue weighted by atomic mass is 16.2. The van der Waals surface area contributed by atoms with Gasteiger partial charge in [0, 0.05) is 11.1 Å². The van der Waals surface area contributed by atoms with Gasteiger partial charge in [-0.1, -0.05) is 36.4 Å². The molecule has 0 atom stereocenters. The normalized spacial score (nSPS) is 12.9. The van der Waals surface area contributed by atoms with Crippen LogP contribution in [0.3, 0.4) is 0 Å². The molecule has 1 aliphatic heterocycles. The summed E-state index contributed by atoms with van der Waals surface area (Å²) in [6, 6.07) is 22.8. The first kappa shape index (κ1) is 18.7. The fourth-order valence-electron chi connectivity index (χ4n) is 3.79. The zero-order chi connectivity index (χ0) is 21.5. The van der Waals surface area contributed by atoms with Crippen LogP contribution in [0.5, 0.6) is 0 Å². The van der Waals surface area contributed by atoms with Gasteiger partial charge in [-0.15, -0.1) is 0 Å². The maximum Gasteiger partial charge on any atom is 0.266 e. The fourth-order valence-corrected chi connectivity index (χ4v) is 3.79. The molecule has 150 valence electrons. The second-order valence-corrected chi connectivity index (χ2v) is 7.31. The third-order valence-corrected chi connectivity index (χ3v) is 5.32. The highest BCUT2D eigenvalue weighted by Crippen LogP contribution is 2.30. The van der Waals surface area contributed by atoms with E-state index < -0.39 is 0 Å². The lowest BCUT2D eigenvalue weighted by molar-refractivity contribution is 0.0925. The van der Waals surface area contributed by atoms with E-state index in [0.717, 1.165) is 15.8 Å². The van der Waals surface area contributed by atoms with Gasteiger partial charge in [0.15, 0.2) is 0 Å². The van der Waals surface area contributed by atoms with Crippen molar-refractivity contribution in [3.63, 3.8) is 0 Å². The molecule has 0 unspecified atom stereocenters. The topological polar surface area (TPSA) is 79.4 Å². The molecule has 1 aliphatic rings. The van der Waals surface area contributed by atoms with Crippen LogP contribution in [0.15, 0.2) is 78.9 Å². The van der Waals surface area contributed by atoms with Crippen molar-refractivity contribution in [2.45, 2.75) is 6.92 Å². The van der Waals surface area contributed by atoms with E-state index in [1.54, 1.807) is 61.5 Å². The second-order valence-electron chi connectivity index (χ2n) is 7.31. The molecule has 2 heterocycles. The van der Waals surface area contributed by atoms with Crippen LogP contribution in [0.4, 0.5) is 11.4 Å².